The summed E-state index contributed by atoms with van der Waals surface area (Å²) >= 11 is 0. The third kappa shape index (κ3) is 15.1. The van der Waals surface area contributed by atoms with Crippen molar-refractivity contribution >= 4 is 31.3 Å². The van der Waals surface area contributed by atoms with Crippen LogP contribution in [0, 0.1) is 0 Å². The van der Waals surface area contributed by atoms with Crippen molar-refractivity contribution in [2.75, 3.05) is 19.8 Å². The van der Waals surface area contributed by atoms with Gasteiger partial charge in [-0.25, -0.2) is 18.3 Å². The van der Waals surface area contributed by atoms with Crippen molar-refractivity contribution in [1.29, 1.82) is 0 Å². The summed E-state index contributed by atoms with van der Waals surface area (Å²) in [6.07, 6.45) is 3.10. The first-order chi connectivity index (χ1) is 13.3. The number of hydrogen-bond donors (Lipinski definition) is 3. The average Bonchev–Trinajstić information content (AvgIpc) is 2.52. The standard InChI is InChI=1S/C12H30O13P4/c1-4-7-10-20-28(18,21-11-8-5-2)25-29(19,22-12-9-6-3)24-27(16,17)23-26(13,14)15/h4-12H2,1-3H3,(H,16,17)(H2,13,14,15). The molecule has 0 fully saturated rings. The van der Waals surface area contributed by atoms with Crippen LogP contribution >= 0.6 is 31.3 Å². The molecule has 0 aromatic carbocycles. The fourth-order valence-corrected chi connectivity index (χ4v) is 7.23. The smallest absolute Gasteiger partial charge is 0.302 e. The van der Waals surface area contributed by atoms with Gasteiger partial charge in [-0.1, -0.05) is 40.0 Å². The van der Waals surface area contributed by atoms with Crippen LogP contribution in [-0.2, 0) is 44.8 Å². The average molecular weight is 506 g/mol. The SMILES string of the molecule is CCCCOP(=O)(OCCCC)OP(=O)(OCCCC)OP(=O)(O)OP(=O)(O)O. The highest BCUT2D eigenvalue weighted by Gasteiger charge is 2.48. The molecular weight excluding hydrogens is 476 g/mol. The summed E-state index contributed by atoms with van der Waals surface area (Å²) in [6, 6.07) is 0. The summed E-state index contributed by atoms with van der Waals surface area (Å²) in [5.74, 6) is 0. The molecule has 0 saturated carbocycles. The largest absolute Gasteiger partial charge is 0.492 e. The number of rotatable bonds is 18. The van der Waals surface area contributed by atoms with Crippen LogP contribution in [0.25, 0.3) is 0 Å². The van der Waals surface area contributed by atoms with Gasteiger partial charge in [0.15, 0.2) is 0 Å². The molecule has 0 aromatic rings. The quantitative estimate of drug-likeness (QED) is 0.169. The highest BCUT2D eigenvalue weighted by atomic mass is 31.3. The van der Waals surface area contributed by atoms with Crippen LogP contribution in [0.2, 0.25) is 0 Å². The third-order valence-corrected chi connectivity index (χ3v) is 9.25. The van der Waals surface area contributed by atoms with Crippen molar-refractivity contribution in [3.63, 3.8) is 0 Å². The second kappa shape index (κ2) is 13.9. The van der Waals surface area contributed by atoms with E-state index in [1.165, 1.54) is 0 Å². The molecule has 176 valence electrons. The molecule has 0 saturated heterocycles. The van der Waals surface area contributed by atoms with Crippen LogP contribution in [0.4, 0.5) is 0 Å². The van der Waals surface area contributed by atoms with Gasteiger partial charge in [0, 0.05) is 0 Å². The van der Waals surface area contributed by atoms with E-state index in [0.717, 1.165) is 0 Å². The van der Waals surface area contributed by atoms with Crippen LogP contribution in [0.3, 0.4) is 0 Å². The van der Waals surface area contributed by atoms with Crippen LogP contribution < -0.4 is 0 Å². The first-order valence-corrected chi connectivity index (χ1v) is 14.9. The van der Waals surface area contributed by atoms with Gasteiger partial charge in [0.1, 0.15) is 0 Å². The highest BCUT2D eigenvalue weighted by Crippen LogP contribution is 2.74. The molecule has 0 aliphatic heterocycles. The minimum absolute atomic E-state index is 0.107. The van der Waals surface area contributed by atoms with Gasteiger partial charge < -0.3 is 14.7 Å². The van der Waals surface area contributed by atoms with E-state index in [9.17, 15) is 23.2 Å². The van der Waals surface area contributed by atoms with Crippen molar-refractivity contribution in [3.05, 3.63) is 0 Å². The zero-order chi connectivity index (χ0) is 22.6. The summed E-state index contributed by atoms with van der Waals surface area (Å²) in [7, 11) is -20.9. The number of phosphoric ester groups is 1. The van der Waals surface area contributed by atoms with Crippen molar-refractivity contribution in [2.45, 2.75) is 59.3 Å². The molecule has 0 rings (SSSR count). The van der Waals surface area contributed by atoms with Gasteiger partial charge in [0.2, 0.25) is 0 Å². The van der Waals surface area contributed by atoms with Gasteiger partial charge in [-0.05, 0) is 19.3 Å². The van der Waals surface area contributed by atoms with Crippen molar-refractivity contribution in [2.24, 2.45) is 0 Å². The Morgan fingerprint density at radius 2 is 0.966 bits per heavy atom. The molecule has 0 aliphatic rings. The second-order valence-electron chi connectivity index (χ2n) is 5.66. The molecule has 2 atom stereocenters. The van der Waals surface area contributed by atoms with Crippen molar-refractivity contribution < 1.29 is 59.4 Å². The van der Waals surface area contributed by atoms with Crippen LogP contribution in [0.15, 0.2) is 0 Å². The topological polar surface area (TPSA) is 184 Å². The van der Waals surface area contributed by atoms with E-state index < -0.39 is 31.3 Å². The predicted molar refractivity (Wildman–Crippen MR) is 103 cm³/mol. The Bertz CT molecular complexity index is 634. The van der Waals surface area contributed by atoms with Gasteiger partial charge in [0.05, 0.1) is 19.8 Å². The minimum atomic E-state index is -5.64. The van der Waals surface area contributed by atoms with Crippen LogP contribution in [0.5, 0.6) is 0 Å². The van der Waals surface area contributed by atoms with Gasteiger partial charge in [-0.3, -0.25) is 13.6 Å². The summed E-state index contributed by atoms with van der Waals surface area (Å²) in [6.45, 7) is 4.89. The van der Waals surface area contributed by atoms with E-state index in [0.29, 0.717) is 38.5 Å². The maximum Gasteiger partial charge on any atom is 0.492 e. The Morgan fingerprint density at radius 1 is 0.586 bits per heavy atom. The molecule has 13 nitrogen and oxygen atoms in total. The summed E-state index contributed by atoms with van der Waals surface area (Å²) in [5, 5.41) is 0. The molecule has 0 radical (unpaired) electrons. The highest BCUT2D eigenvalue weighted by molar-refractivity contribution is 7.70. The minimum Gasteiger partial charge on any atom is -0.302 e. The van der Waals surface area contributed by atoms with Crippen molar-refractivity contribution in [3.8, 4) is 0 Å². The second-order valence-corrected chi connectivity index (χ2v) is 12.1. The lowest BCUT2D eigenvalue weighted by molar-refractivity contribution is 0.121. The summed E-state index contributed by atoms with van der Waals surface area (Å²) in [4.78, 5) is 26.9. The molecule has 0 aromatic heterocycles. The Labute approximate surface area is 170 Å². The molecule has 17 heteroatoms. The maximum atomic E-state index is 12.8. The molecule has 2 unspecified atom stereocenters. The van der Waals surface area contributed by atoms with Crippen LogP contribution in [0.1, 0.15) is 59.3 Å². The summed E-state index contributed by atoms with van der Waals surface area (Å²) in [5.41, 5.74) is 0. The van der Waals surface area contributed by atoms with E-state index in [-0.39, 0.29) is 19.8 Å². The normalized spacial score (nSPS) is 17.0. The number of phosphoric acid groups is 4. The molecule has 0 heterocycles. The lowest BCUT2D eigenvalue weighted by Crippen LogP contribution is -2.06. The summed E-state index contributed by atoms with van der Waals surface area (Å²) < 4.78 is 75.8. The van der Waals surface area contributed by atoms with Crippen molar-refractivity contribution in [1.82, 2.24) is 0 Å². The Balaban J connectivity index is 5.57. The molecule has 3 N–H and O–H groups in total. The third-order valence-electron chi connectivity index (χ3n) is 2.85. The fourth-order valence-electron chi connectivity index (χ4n) is 1.51. The van der Waals surface area contributed by atoms with Crippen LogP contribution in [-0.4, -0.2) is 34.5 Å². The molecule has 29 heavy (non-hydrogen) atoms. The lowest BCUT2D eigenvalue weighted by Gasteiger charge is -2.24. The Hall–Kier alpha value is 0.560. The van der Waals surface area contributed by atoms with E-state index in [4.69, 9.17) is 27.7 Å². The predicted octanol–water partition coefficient (Wildman–Crippen LogP) is 4.90. The number of unbranched alkanes of at least 4 members (excludes halogenated alkanes) is 3. The van der Waals surface area contributed by atoms with Gasteiger partial charge >= 0.3 is 31.3 Å². The Morgan fingerprint density at radius 3 is 1.31 bits per heavy atom. The van der Waals surface area contributed by atoms with Gasteiger partial charge in [0.25, 0.3) is 0 Å². The maximum absolute atomic E-state index is 12.8. The first kappa shape index (κ1) is 29.6. The molecule has 0 bridgehead atoms. The van der Waals surface area contributed by atoms with Gasteiger partial charge in [-0.15, -0.1) is 0 Å². The molecular formula is C12H30O13P4. The van der Waals surface area contributed by atoms with E-state index in [1.807, 2.05) is 13.8 Å². The van der Waals surface area contributed by atoms with E-state index in [2.05, 4.69) is 8.62 Å². The van der Waals surface area contributed by atoms with Gasteiger partial charge in [-0.2, -0.15) is 12.9 Å². The lowest BCUT2D eigenvalue weighted by atomic mass is 10.4. The number of hydrogen-bond acceptors (Lipinski definition) is 10. The molecule has 0 amide bonds. The van der Waals surface area contributed by atoms with E-state index >= 15 is 0 Å². The molecule has 0 spiro atoms. The zero-order valence-electron chi connectivity index (χ0n) is 16.6. The van der Waals surface area contributed by atoms with E-state index in [1.54, 1.807) is 6.92 Å². The Kier molecular flexibility index (Phi) is 14.1. The fraction of sp³-hybridized carbons (Fsp3) is 1.00. The first-order valence-electron chi connectivity index (χ1n) is 8.96. The monoisotopic (exact) mass is 506 g/mol. The zero-order valence-corrected chi connectivity index (χ0v) is 20.2. The molecule has 0 aliphatic carbocycles.